The van der Waals surface area contributed by atoms with E-state index in [9.17, 15) is 13.2 Å². The Morgan fingerprint density at radius 3 is 2.56 bits per heavy atom. The van der Waals surface area contributed by atoms with E-state index < -0.39 is 21.2 Å². The van der Waals surface area contributed by atoms with E-state index >= 15 is 0 Å². The van der Waals surface area contributed by atoms with Crippen LogP contribution in [0.2, 0.25) is 0 Å². The van der Waals surface area contributed by atoms with Crippen molar-refractivity contribution in [1.82, 2.24) is 4.72 Å². The van der Waals surface area contributed by atoms with Crippen molar-refractivity contribution >= 4 is 15.9 Å². The maximum Gasteiger partial charge on any atom is 0.300 e. The van der Waals surface area contributed by atoms with Gasteiger partial charge in [0.15, 0.2) is 5.76 Å². The average molecular weight is 246 g/mol. The molecule has 0 spiro atoms. The number of amides is 1. The third kappa shape index (κ3) is 2.83. The lowest BCUT2D eigenvalue weighted by Gasteiger charge is -2.07. The van der Waals surface area contributed by atoms with Gasteiger partial charge in [0, 0.05) is 0 Å². The lowest BCUT2D eigenvalue weighted by molar-refractivity contribution is 0.0952. The second-order valence-corrected chi connectivity index (χ2v) is 5.73. The first-order valence-electron chi connectivity index (χ1n) is 4.71. The van der Waals surface area contributed by atoms with Crippen molar-refractivity contribution in [3.8, 4) is 0 Å². The molecule has 0 aliphatic heterocycles. The highest BCUT2D eigenvalue weighted by atomic mass is 32.2. The number of hydrogen-bond donors (Lipinski definition) is 2. The van der Waals surface area contributed by atoms with Gasteiger partial charge in [0.1, 0.15) is 5.76 Å². The molecule has 0 radical (unpaired) electrons. The third-order valence-electron chi connectivity index (χ3n) is 1.94. The summed E-state index contributed by atoms with van der Waals surface area (Å²) in [7, 11) is -3.63. The minimum Gasteiger partial charge on any atom is -0.455 e. The Morgan fingerprint density at radius 1 is 1.50 bits per heavy atom. The molecule has 1 rings (SSSR count). The predicted molar refractivity (Wildman–Crippen MR) is 58.1 cm³/mol. The van der Waals surface area contributed by atoms with Gasteiger partial charge < -0.3 is 10.2 Å². The van der Waals surface area contributed by atoms with E-state index in [2.05, 4.69) is 0 Å². The quantitative estimate of drug-likeness (QED) is 0.790. The van der Waals surface area contributed by atoms with Crippen molar-refractivity contribution in [2.45, 2.75) is 25.6 Å². The molecule has 0 bridgehead atoms. The van der Waals surface area contributed by atoms with Crippen LogP contribution in [0.25, 0.3) is 0 Å². The summed E-state index contributed by atoms with van der Waals surface area (Å²) in [5, 5.41) is -0.680. The standard InChI is InChI=1S/C9H14N2O4S/c1-6(2)16(13,14)11-9(12)8-4-3-7(5-10)15-8/h3-4,6H,5,10H2,1-2H3,(H,11,12). The highest BCUT2D eigenvalue weighted by Gasteiger charge is 2.21. The van der Waals surface area contributed by atoms with Crippen molar-refractivity contribution in [1.29, 1.82) is 0 Å². The molecule has 0 saturated carbocycles. The van der Waals surface area contributed by atoms with Crippen molar-refractivity contribution in [2.75, 3.05) is 0 Å². The summed E-state index contributed by atoms with van der Waals surface area (Å²) in [6.45, 7) is 3.11. The van der Waals surface area contributed by atoms with Crippen LogP contribution in [0.15, 0.2) is 16.5 Å². The van der Waals surface area contributed by atoms with Gasteiger partial charge in [0.25, 0.3) is 5.91 Å². The summed E-state index contributed by atoms with van der Waals surface area (Å²) in [6, 6.07) is 2.91. The first kappa shape index (κ1) is 12.7. The fourth-order valence-electron chi connectivity index (χ4n) is 0.907. The zero-order chi connectivity index (χ0) is 12.3. The molecular formula is C9H14N2O4S. The van der Waals surface area contributed by atoms with Crippen LogP contribution in [0, 0.1) is 0 Å². The Hall–Kier alpha value is -1.34. The molecule has 0 aliphatic carbocycles. The average Bonchev–Trinajstić information content (AvgIpc) is 2.64. The molecule has 0 aliphatic rings. The van der Waals surface area contributed by atoms with Gasteiger partial charge in [-0.1, -0.05) is 0 Å². The molecule has 16 heavy (non-hydrogen) atoms. The summed E-state index contributed by atoms with van der Waals surface area (Å²) >= 11 is 0. The van der Waals surface area contributed by atoms with E-state index in [1.807, 2.05) is 4.72 Å². The van der Waals surface area contributed by atoms with Crippen LogP contribution in [-0.2, 0) is 16.6 Å². The van der Waals surface area contributed by atoms with Crippen molar-refractivity contribution in [3.05, 3.63) is 23.7 Å². The highest BCUT2D eigenvalue weighted by molar-refractivity contribution is 7.90. The van der Waals surface area contributed by atoms with Crippen LogP contribution in [0.1, 0.15) is 30.2 Å². The fourth-order valence-corrected chi connectivity index (χ4v) is 1.50. The van der Waals surface area contributed by atoms with Gasteiger partial charge >= 0.3 is 0 Å². The van der Waals surface area contributed by atoms with Gasteiger partial charge in [-0.25, -0.2) is 13.1 Å². The Morgan fingerprint density at radius 2 is 2.12 bits per heavy atom. The van der Waals surface area contributed by atoms with Crippen LogP contribution in [0.5, 0.6) is 0 Å². The van der Waals surface area contributed by atoms with E-state index in [1.54, 1.807) is 0 Å². The summed E-state index contributed by atoms with van der Waals surface area (Å²) in [4.78, 5) is 11.5. The lowest BCUT2D eigenvalue weighted by atomic mass is 10.4. The number of nitrogens with one attached hydrogen (secondary N) is 1. The highest BCUT2D eigenvalue weighted by Crippen LogP contribution is 2.08. The summed E-state index contributed by atoms with van der Waals surface area (Å²) in [5.41, 5.74) is 5.30. The molecule has 1 amide bonds. The molecule has 0 aromatic carbocycles. The van der Waals surface area contributed by atoms with Gasteiger partial charge in [-0.2, -0.15) is 0 Å². The van der Waals surface area contributed by atoms with E-state index in [1.165, 1.54) is 26.0 Å². The molecule has 0 saturated heterocycles. The van der Waals surface area contributed by atoms with Crippen LogP contribution in [0.4, 0.5) is 0 Å². The molecule has 3 N–H and O–H groups in total. The van der Waals surface area contributed by atoms with E-state index in [4.69, 9.17) is 10.2 Å². The molecule has 0 atom stereocenters. The monoisotopic (exact) mass is 246 g/mol. The normalized spacial score (nSPS) is 11.8. The summed E-state index contributed by atoms with van der Waals surface area (Å²) in [6.07, 6.45) is 0. The van der Waals surface area contributed by atoms with Gasteiger partial charge in [-0.3, -0.25) is 4.79 Å². The first-order valence-corrected chi connectivity index (χ1v) is 6.26. The fraction of sp³-hybridized carbons (Fsp3) is 0.444. The number of sulfonamides is 1. The minimum absolute atomic E-state index is 0.0651. The molecule has 6 nitrogen and oxygen atoms in total. The molecule has 1 heterocycles. The molecular weight excluding hydrogens is 232 g/mol. The second kappa shape index (κ2) is 4.67. The van der Waals surface area contributed by atoms with Gasteiger partial charge in [-0.15, -0.1) is 0 Å². The van der Waals surface area contributed by atoms with Crippen LogP contribution >= 0.6 is 0 Å². The van der Waals surface area contributed by atoms with Gasteiger partial charge in [0.2, 0.25) is 10.0 Å². The largest absolute Gasteiger partial charge is 0.455 e. The Labute approximate surface area is 93.9 Å². The lowest BCUT2D eigenvalue weighted by Crippen LogP contribution is -2.35. The molecule has 7 heteroatoms. The van der Waals surface area contributed by atoms with E-state index in [0.29, 0.717) is 5.76 Å². The molecule has 90 valence electrons. The van der Waals surface area contributed by atoms with Gasteiger partial charge in [-0.05, 0) is 26.0 Å². The third-order valence-corrected chi connectivity index (χ3v) is 3.65. The van der Waals surface area contributed by atoms with Crippen molar-refractivity contribution < 1.29 is 17.6 Å². The number of carbonyl (C=O) groups excluding carboxylic acids is 1. The zero-order valence-electron chi connectivity index (χ0n) is 9.06. The van der Waals surface area contributed by atoms with Crippen LogP contribution in [-0.4, -0.2) is 19.6 Å². The smallest absolute Gasteiger partial charge is 0.300 e. The summed E-state index contributed by atoms with van der Waals surface area (Å²) in [5.74, 6) is -0.426. The molecule has 1 aromatic heterocycles. The van der Waals surface area contributed by atoms with E-state index in [-0.39, 0.29) is 12.3 Å². The Bertz CT molecular complexity index is 475. The second-order valence-electron chi connectivity index (χ2n) is 3.50. The van der Waals surface area contributed by atoms with Crippen LogP contribution in [0.3, 0.4) is 0 Å². The molecule has 0 unspecified atom stereocenters. The van der Waals surface area contributed by atoms with E-state index in [0.717, 1.165) is 0 Å². The van der Waals surface area contributed by atoms with Crippen LogP contribution < -0.4 is 10.5 Å². The van der Waals surface area contributed by atoms with Crippen molar-refractivity contribution in [3.63, 3.8) is 0 Å². The number of rotatable bonds is 4. The predicted octanol–water partition coefficient (Wildman–Crippen LogP) is 0.206. The Kier molecular flexibility index (Phi) is 3.71. The number of hydrogen-bond acceptors (Lipinski definition) is 5. The topological polar surface area (TPSA) is 102 Å². The van der Waals surface area contributed by atoms with Crippen molar-refractivity contribution in [2.24, 2.45) is 5.73 Å². The zero-order valence-corrected chi connectivity index (χ0v) is 9.87. The molecule has 1 aromatic rings. The summed E-state index contributed by atoms with van der Waals surface area (Å²) < 4.78 is 29.7. The first-order chi connectivity index (χ1) is 7.36. The molecule has 0 fully saturated rings. The Balaban J connectivity index is 2.81. The number of furan rings is 1. The van der Waals surface area contributed by atoms with Gasteiger partial charge in [0.05, 0.1) is 11.8 Å². The SMILES string of the molecule is CC(C)S(=O)(=O)NC(=O)c1ccc(CN)o1. The minimum atomic E-state index is -3.63. The maximum atomic E-state index is 11.5. The number of nitrogens with two attached hydrogens (primary N) is 1. The number of carbonyl (C=O) groups is 1. The maximum absolute atomic E-state index is 11.5.